The fourth-order valence-corrected chi connectivity index (χ4v) is 2.48. The van der Waals surface area contributed by atoms with Crippen LogP contribution in [0.2, 0.25) is 5.02 Å². The van der Waals surface area contributed by atoms with Crippen LogP contribution < -0.4 is 10.1 Å². The van der Waals surface area contributed by atoms with E-state index in [1.165, 1.54) is 0 Å². The van der Waals surface area contributed by atoms with E-state index in [2.05, 4.69) is 5.32 Å². The molecule has 1 amide bonds. The van der Waals surface area contributed by atoms with Crippen LogP contribution in [-0.2, 0) is 14.3 Å². The van der Waals surface area contributed by atoms with Gasteiger partial charge in [-0.1, -0.05) is 24.9 Å². The number of ether oxygens (including phenoxy) is 3. The van der Waals surface area contributed by atoms with Gasteiger partial charge >= 0.3 is 0 Å². The van der Waals surface area contributed by atoms with E-state index >= 15 is 0 Å². The smallest absolute Gasteiger partial charge is 0.256 e. The van der Waals surface area contributed by atoms with Crippen LogP contribution in [0, 0.1) is 0 Å². The Morgan fingerprint density at radius 1 is 1.30 bits per heavy atom. The third-order valence-electron chi connectivity index (χ3n) is 3.41. The zero-order valence-corrected chi connectivity index (χ0v) is 15.0. The van der Waals surface area contributed by atoms with Crippen molar-refractivity contribution in [2.75, 3.05) is 32.2 Å². The first-order valence-corrected chi connectivity index (χ1v) is 8.21. The summed E-state index contributed by atoms with van der Waals surface area (Å²) in [7, 11) is 1.61. The highest BCUT2D eigenvalue weighted by atomic mass is 35.5. The number of halogens is 1. The summed E-state index contributed by atoms with van der Waals surface area (Å²) < 4.78 is 16.1. The van der Waals surface area contributed by atoms with E-state index < -0.39 is 5.60 Å². The number of amides is 1. The summed E-state index contributed by atoms with van der Waals surface area (Å²) >= 11 is 6.18. The fourth-order valence-electron chi connectivity index (χ4n) is 2.24. The van der Waals surface area contributed by atoms with Gasteiger partial charge in [0.2, 0.25) is 0 Å². The van der Waals surface area contributed by atoms with Gasteiger partial charge in [-0.3, -0.25) is 4.79 Å². The Balaban J connectivity index is 2.76. The van der Waals surface area contributed by atoms with E-state index in [0.29, 0.717) is 42.7 Å². The number of benzene rings is 1. The van der Waals surface area contributed by atoms with Crippen LogP contribution >= 0.6 is 11.6 Å². The van der Waals surface area contributed by atoms with E-state index in [1.807, 2.05) is 13.8 Å². The average molecular weight is 344 g/mol. The van der Waals surface area contributed by atoms with Gasteiger partial charge < -0.3 is 19.5 Å². The van der Waals surface area contributed by atoms with Crippen LogP contribution in [0.15, 0.2) is 18.2 Å². The van der Waals surface area contributed by atoms with Crippen LogP contribution in [0.5, 0.6) is 5.75 Å². The summed E-state index contributed by atoms with van der Waals surface area (Å²) in [5, 5.41) is 3.30. The van der Waals surface area contributed by atoms with Gasteiger partial charge in [-0.15, -0.1) is 0 Å². The Morgan fingerprint density at radius 3 is 2.61 bits per heavy atom. The van der Waals surface area contributed by atoms with Gasteiger partial charge in [-0.05, 0) is 38.5 Å². The molecule has 1 N–H and O–H groups in total. The molecule has 0 saturated carbocycles. The number of rotatable bonds is 10. The number of methoxy groups -OCH3 is 1. The van der Waals surface area contributed by atoms with Crippen LogP contribution in [0.1, 0.15) is 33.6 Å². The number of hydrogen-bond acceptors (Lipinski definition) is 4. The lowest BCUT2D eigenvalue weighted by molar-refractivity contribution is -0.139. The van der Waals surface area contributed by atoms with Crippen molar-refractivity contribution < 1.29 is 19.0 Å². The van der Waals surface area contributed by atoms with E-state index in [1.54, 1.807) is 32.2 Å². The van der Waals surface area contributed by atoms with Crippen molar-refractivity contribution in [1.29, 1.82) is 0 Å². The van der Waals surface area contributed by atoms with Crippen LogP contribution in [0.25, 0.3) is 0 Å². The molecule has 1 aromatic rings. The van der Waals surface area contributed by atoms with Gasteiger partial charge in [0.1, 0.15) is 18.0 Å². The third kappa shape index (κ3) is 6.01. The van der Waals surface area contributed by atoms with Crippen molar-refractivity contribution >= 4 is 23.2 Å². The Bertz CT molecular complexity index is 501. The molecule has 0 saturated heterocycles. The molecule has 0 aliphatic heterocycles. The van der Waals surface area contributed by atoms with Crippen molar-refractivity contribution in [2.45, 2.75) is 39.2 Å². The van der Waals surface area contributed by atoms with Crippen LogP contribution in [0.3, 0.4) is 0 Å². The lowest BCUT2D eigenvalue weighted by Crippen LogP contribution is -2.42. The minimum absolute atomic E-state index is 0.176. The highest BCUT2D eigenvalue weighted by Gasteiger charge is 2.33. The Labute approximate surface area is 143 Å². The maximum atomic E-state index is 12.5. The minimum atomic E-state index is -0.844. The molecule has 130 valence electrons. The predicted octanol–water partition coefficient (Wildman–Crippen LogP) is 3.90. The van der Waals surface area contributed by atoms with Gasteiger partial charge in [-0.25, -0.2) is 0 Å². The van der Waals surface area contributed by atoms with Crippen molar-refractivity contribution in [3.05, 3.63) is 23.2 Å². The molecule has 1 rings (SSSR count). The summed E-state index contributed by atoms with van der Waals surface area (Å²) in [6, 6.07) is 5.15. The largest absolute Gasteiger partial charge is 0.490 e. The normalized spacial score (nSPS) is 13.4. The van der Waals surface area contributed by atoms with Crippen molar-refractivity contribution in [1.82, 2.24) is 0 Å². The lowest BCUT2D eigenvalue weighted by atomic mass is 9.99. The standard InChI is InChI=1S/C17H26ClNO4/c1-5-9-17(3,23-6-2)16(20)19-13-7-8-15(14(18)12-13)22-11-10-21-4/h7-8,12H,5-6,9-11H2,1-4H3,(H,19,20). The molecule has 1 atom stereocenters. The number of carbonyl (C=O) groups is 1. The average Bonchev–Trinajstić information content (AvgIpc) is 2.50. The van der Waals surface area contributed by atoms with Crippen molar-refractivity contribution in [3.63, 3.8) is 0 Å². The fraction of sp³-hybridized carbons (Fsp3) is 0.588. The Hall–Kier alpha value is -1.30. The summed E-state index contributed by atoms with van der Waals surface area (Å²) in [5.41, 5.74) is -0.231. The zero-order chi connectivity index (χ0) is 17.3. The van der Waals surface area contributed by atoms with E-state index in [9.17, 15) is 4.79 Å². The first-order chi connectivity index (χ1) is 11.0. The first kappa shape index (κ1) is 19.7. The maximum Gasteiger partial charge on any atom is 0.256 e. The summed E-state index contributed by atoms with van der Waals surface area (Å²) in [6.07, 6.45) is 1.51. The third-order valence-corrected chi connectivity index (χ3v) is 3.70. The number of anilines is 1. The molecule has 0 aliphatic carbocycles. The second-order valence-corrected chi connectivity index (χ2v) is 5.76. The molecule has 0 radical (unpaired) electrons. The molecule has 23 heavy (non-hydrogen) atoms. The predicted molar refractivity (Wildman–Crippen MR) is 92.4 cm³/mol. The molecule has 0 aliphatic rings. The number of hydrogen-bond donors (Lipinski definition) is 1. The lowest BCUT2D eigenvalue weighted by Gasteiger charge is -2.27. The van der Waals surface area contributed by atoms with Gasteiger partial charge in [0.05, 0.1) is 11.6 Å². The second kappa shape index (κ2) is 9.75. The van der Waals surface area contributed by atoms with Gasteiger partial charge in [0.25, 0.3) is 5.91 Å². The zero-order valence-electron chi connectivity index (χ0n) is 14.3. The molecular formula is C17H26ClNO4. The first-order valence-electron chi connectivity index (χ1n) is 7.83. The van der Waals surface area contributed by atoms with Crippen LogP contribution in [0.4, 0.5) is 5.69 Å². The highest BCUT2D eigenvalue weighted by molar-refractivity contribution is 6.32. The van der Waals surface area contributed by atoms with Gasteiger partial charge in [-0.2, -0.15) is 0 Å². The summed E-state index contributed by atoms with van der Waals surface area (Å²) in [4.78, 5) is 12.5. The summed E-state index contributed by atoms with van der Waals surface area (Å²) in [6.45, 7) is 7.09. The van der Waals surface area contributed by atoms with E-state index in [4.69, 9.17) is 25.8 Å². The molecule has 0 spiro atoms. The number of carbonyl (C=O) groups excluding carboxylic acids is 1. The van der Waals surface area contributed by atoms with Crippen molar-refractivity contribution in [2.24, 2.45) is 0 Å². The van der Waals surface area contributed by atoms with Gasteiger partial charge in [0.15, 0.2) is 0 Å². The molecule has 0 aromatic heterocycles. The minimum Gasteiger partial charge on any atom is -0.490 e. The quantitative estimate of drug-likeness (QED) is 0.655. The monoisotopic (exact) mass is 343 g/mol. The molecule has 0 fully saturated rings. The summed E-state index contributed by atoms with van der Waals surface area (Å²) in [5.74, 6) is 0.383. The van der Waals surface area contributed by atoms with Gasteiger partial charge in [0, 0.05) is 19.4 Å². The van der Waals surface area contributed by atoms with E-state index in [-0.39, 0.29) is 5.91 Å². The van der Waals surface area contributed by atoms with Crippen LogP contribution in [-0.4, -0.2) is 38.4 Å². The molecule has 1 aromatic carbocycles. The molecule has 6 heteroatoms. The SMILES string of the molecule is CCCC(C)(OCC)C(=O)Nc1ccc(OCCOC)c(Cl)c1. The molecular weight excluding hydrogens is 318 g/mol. The molecule has 0 heterocycles. The molecule has 5 nitrogen and oxygen atoms in total. The molecule has 1 unspecified atom stereocenters. The van der Waals surface area contributed by atoms with Crippen molar-refractivity contribution in [3.8, 4) is 5.75 Å². The number of nitrogens with one attached hydrogen (secondary N) is 1. The topological polar surface area (TPSA) is 56.8 Å². The van der Waals surface area contributed by atoms with E-state index in [0.717, 1.165) is 6.42 Å². The maximum absolute atomic E-state index is 12.5. The highest BCUT2D eigenvalue weighted by Crippen LogP contribution is 2.29. The Morgan fingerprint density at radius 2 is 2.04 bits per heavy atom. The Kier molecular flexibility index (Phi) is 8.37. The molecule has 0 bridgehead atoms. The second-order valence-electron chi connectivity index (χ2n) is 5.35.